The molecule has 3 fully saturated rings. The molecule has 5 rings (SSSR count). The van der Waals surface area contributed by atoms with Crippen molar-refractivity contribution in [3.05, 3.63) is 41.0 Å². The molecule has 2 unspecified atom stereocenters. The van der Waals surface area contributed by atoms with Crippen molar-refractivity contribution in [1.29, 1.82) is 0 Å². The molecule has 0 bridgehead atoms. The molecule has 3 nitrogen and oxygen atoms in total. The van der Waals surface area contributed by atoms with Gasteiger partial charge in [0.25, 0.3) is 0 Å². The minimum absolute atomic E-state index is 0.315. The van der Waals surface area contributed by atoms with Gasteiger partial charge >= 0.3 is 0 Å². The van der Waals surface area contributed by atoms with E-state index in [0.29, 0.717) is 23.7 Å². The number of allylic oxidation sites excluding steroid dienone is 1. The van der Waals surface area contributed by atoms with E-state index in [-0.39, 0.29) is 0 Å². The molecule has 0 radical (unpaired) electrons. The lowest BCUT2D eigenvalue weighted by Crippen LogP contribution is -2.34. The van der Waals surface area contributed by atoms with Crippen LogP contribution in [-0.4, -0.2) is 47.9 Å². The van der Waals surface area contributed by atoms with Crippen LogP contribution >= 0.6 is 0 Å². The summed E-state index contributed by atoms with van der Waals surface area (Å²) in [5.74, 6) is 1.95. The first-order valence-electron chi connectivity index (χ1n) is 12.4. The van der Waals surface area contributed by atoms with Crippen molar-refractivity contribution in [3.8, 4) is 0 Å². The Kier molecular flexibility index (Phi) is 5.75. The molecule has 1 aromatic rings. The quantitative estimate of drug-likeness (QED) is 0.675. The first kappa shape index (κ1) is 20.3. The molecule has 0 aromatic heterocycles. The molecule has 2 saturated heterocycles. The highest BCUT2D eigenvalue weighted by atomic mass is 16.2. The van der Waals surface area contributed by atoms with E-state index >= 15 is 0 Å². The molecular formula is C27H38N2O. The van der Waals surface area contributed by atoms with E-state index in [1.54, 1.807) is 11.1 Å². The number of rotatable bonds is 5. The van der Waals surface area contributed by atoms with E-state index in [1.165, 1.54) is 56.3 Å². The number of hydrogen-bond acceptors (Lipinski definition) is 2. The van der Waals surface area contributed by atoms with Crippen molar-refractivity contribution in [2.45, 2.75) is 71.3 Å². The normalized spacial score (nSPS) is 29.9. The lowest BCUT2D eigenvalue weighted by molar-refractivity contribution is -0.134. The predicted molar refractivity (Wildman–Crippen MR) is 123 cm³/mol. The van der Waals surface area contributed by atoms with Crippen LogP contribution in [0.25, 0.3) is 5.57 Å². The van der Waals surface area contributed by atoms with Gasteiger partial charge in [0.2, 0.25) is 5.91 Å². The zero-order valence-corrected chi connectivity index (χ0v) is 18.9. The van der Waals surface area contributed by atoms with Gasteiger partial charge < -0.3 is 9.80 Å². The molecule has 3 atom stereocenters. The SMILES string of the molecule is CC1=C(c2ccc(CCN3CCC[C@H]3C)cc2)C2CN(C(=O)C3CCCC3)CC2C1. The van der Waals surface area contributed by atoms with Gasteiger partial charge in [-0.25, -0.2) is 0 Å². The summed E-state index contributed by atoms with van der Waals surface area (Å²) in [5, 5.41) is 0. The smallest absolute Gasteiger partial charge is 0.225 e. The fraction of sp³-hybridized carbons (Fsp3) is 0.667. The average molecular weight is 407 g/mol. The maximum absolute atomic E-state index is 13.0. The van der Waals surface area contributed by atoms with E-state index in [0.717, 1.165) is 38.4 Å². The molecule has 1 saturated carbocycles. The summed E-state index contributed by atoms with van der Waals surface area (Å²) in [6.45, 7) is 9.06. The van der Waals surface area contributed by atoms with Gasteiger partial charge in [-0.3, -0.25) is 4.79 Å². The fourth-order valence-electron chi connectivity index (χ4n) is 6.74. The number of hydrogen-bond donors (Lipinski definition) is 0. The number of benzene rings is 1. The number of likely N-dealkylation sites (tertiary alicyclic amines) is 2. The average Bonchev–Trinajstić information content (AvgIpc) is 3.52. The summed E-state index contributed by atoms with van der Waals surface area (Å²) < 4.78 is 0. The molecule has 0 spiro atoms. The van der Waals surface area contributed by atoms with Crippen LogP contribution in [0, 0.1) is 17.8 Å². The van der Waals surface area contributed by atoms with Crippen molar-refractivity contribution >= 4 is 11.5 Å². The largest absolute Gasteiger partial charge is 0.342 e. The first-order chi connectivity index (χ1) is 14.6. The van der Waals surface area contributed by atoms with Crippen molar-refractivity contribution in [3.63, 3.8) is 0 Å². The zero-order valence-electron chi connectivity index (χ0n) is 18.9. The number of fused-ring (bicyclic) bond motifs is 1. The van der Waals surface area contributed by atoms with Crippen LogP contribution in [0.2, 0.25) is 0 Å². The van der Waals surface area contributed by atoms with Crippen LogP contribution in [0.4, 0.5) is 0 Å². The topological polar surface area (TPSA) is 23.6 Å². The summed E-state index contributed by atoms with van der Waals surface area (Å²) in [5.41, 5.74) is 5.95. The van der Waals surface area contributed by atoms with Gasteiger partial charge in [-0.2, -0.15) is 0 Å². The molecule has 3 heteroatoms. The van der Waals surface area contributed by atoms with Gasteiger partial charge in [0.15, 0.2) is 0 Å². The van der Waals surface area contributed by atoms with Crippen LogP contribution in [0.3, 0.4) is 0 Å². The third kappa shape index (κ3) is 3.86. The van der Waals surface area contributed by atoms with Crippen LogP contribution in [-0.2, 0) is 11.2 Å². The highest BCUT2D eigenvalue weighted by Crippen LogP contribution is 2.47. The Morgan fingerprint density at radius 2 is 1.80 bits per heavy atom. The lowest BCUT2D eigenvalue weighted by atomic mass is 9.90. The van der Waals surface area contributed by atoms with E-state index in [1.807, 2.05) is 0 Å². The standard InChI is InChI=1S/C27H38N2O/c1-19-16-24-17-29(27(30)23-7-3-4-8-23)18-25(24)26(19)22-11-9-21(10-12-22)13-15-28-14-5-6-20(28)2/h9-12,20,23-25H,3-8,13-18H2,1-2H3/t20-,24?,25?/m1/s1. The van der Waals surface area contributed by atoms with E-state index in [4.69, 9.17) is 0 Å². The Bertz CT molecular complexity index is 805. The molecule has 30 heavy (non-hydrogen) atoms. The number of amides is 1. The van der Waals surface area contributed by atoms with Crippen LogP contribution in [0.5, 0.6) is 0 Å². The summed E-state index contributed by atoms with van der Waals surface area (Å²) >= 11 is 0. The van der Waals surface area contributed by atoms with Crippen molar-refractivity contribution < 1.29 is 4.79 Å². The third-order valence-electron chi connectivity index (χ3n) is 8.50. The van der Waals surface area contributed by atoms with Crippen LogP contribution in [0.15, 0.2) is 29.8 Å². The molecule has 162 valence electrons. The molecule has 1 amide bonds. The first-order valence-corrected chi connectivity index (χ1v) is 12.4. The van der Waals surface area contributed by atoms with Crippen molar-refractivity contribution in [2.24, 2.45) is 17.8 Å². The number of carbonyl (C=O) groups excluding carboxylic acids is 1. The van der Waals surface area contributed by atoms with Crippen molar-refractivity contribution in [2.75, 3.05) is 26.2 Å². The molecule has 1 aromatic carbocycles. The molecule has 2 aliphatic carbocycles. The molecule has 2 aliphatic heterocycles. The number of nitrogens with zero attached hydrogens (tertiary/aromatic N) is 2. The Balaban J connectivity index is 1.23. The zero-order chi connectivity index (χ0) is 20.7. The molecule has 0 N–H and O–H groups in total. The second-order valence-electron chi connectivity index (χ2n) is 10.5. The van der Waals surface area contributed by atoms with E-state index < -0.39 is 0 Å². The van der Waals surface area contributed by atoms with Gasteiger partial charge in [0.05, 0.1) is 0 Å². The van der Waals surface area contributed by atoms with Gasteiger partial charge in [-0.15, -0.1) is 0 Å². The van der Waals surface area contributed by atoms with Gasteiger partial charge in [0, 0.05) is 37.5 Å². The Labute approximate surface area is 182 Å². The van der Waals surface area contributed by atoms with E-state index in [9.17, 15) is 4.79 Å². The summed E-state index contributed by atoms with van der Waals surface area (Å²) in [6, 6.07) is 10.2. The van der Waals surface area contributed by atoms with Gasteiger partial charge in [0.1, 0.15) is 0 Å². The Hall–Kier alpha value is -1.61. The van der Waals surface area contributed by atoms with Gasteiger partial charge in [-0.1, -0.05) is 42.7 Å². The maximum atomic E-state index is 13.0. The molecular weight excluding hydrogens is 368 g/mol. The third-order valence-corrected chi connectivity index (χ3v) is 8.50. The van der Waals surface area contributed by atoms with Crippen molar-refractivity contribution in [1.82, 2.24) is 9.80 Å². The highest BCUT2D eigenvalue weighted by Gasteiger charge is 2.43. The van der Waals surface area contributed by atoms with E-state index in [2.05, 4.69) is 47.9 Å². The second-order valence-corrected chi connectivity index (χ2v) is 10.5. The Morgan fingerprint density at radius 1 is 1.03 bits per heavy atom. The van der Waals surface area contributed by atoms with Crippen LogP contribution in [0.1, 0.15) is 69.9 Å². The highest BCUT2D eigenvalue weighted by molar-refractivity contribution is 5.81. The summed E-state index contributed by atoms with van der Waals surface area (Å²) in [7, 11) is 0. The monoisotopic (exact) mass is 406 g/mol. The minimum Gasteiger partial charge on any atom is -0.342 e. The minimum atomic E-state index is 0.315. The summed E-state index contributed by atoms with van der Waals surface area (Å²) in [6.07, 6.45) is 9.75. The molecule has 4 aliphatic rings. The predicted octanol–water partition coefficient (Wildman–Crippen LogP) is 5.16. The fourth-order valence-corrected chi connectivity index (χ4v) is 6.74. The lowest BCUT2D eigenvalue weighted by Gasteiger charge is -2.22. The summed E-state index contributed by atoms with van der Waals surface area (Å²) in [4.78, 5) is 17.8. The second kappa shape index (κ2) is 8.49. The van der Waals surface area contributed by atoms with Crippen LogP contribution < -0.4 is 0 Å². The number of carbonyl (C=O) groups is 1. The maximum Gasteiger partial charge on any atom is 0.225 e. The molecule has 2 heterocycles. The van der Waals surface area contributed by atoms with Gasteiger partial charge in [-0.05, 0) is 81.5 Å². The Morgan fingerprint density at radius 3 is 2.50 bits per heavy atom.